The molecule has 0 spiro atoms. The topological polar surface area (TPSA) is 9.23 Å². The lowest BCUT2D eigenvalue weighted by atomic mass is 9.84. The van der Waals surface area contributed by atoms with Crippen LogP contribution in [0.1, 0.15) is 64.4 Å². The summed E-state index contributed by atoms with van der Waals surface area (Å²) in [6.07, 6.45) is 7.09. The second-order valence-electron chi connectivity index (χ2n) is 6.87. The van der Waals surface area contributed by atoms with Crippen molar-refractivity contribution < 1.29 is 4.74 Å². The summed E-state index contributed by atoms with van der Waals surface area (Å²) < 4.78 is 6.26. The molecular formula is C19H29ClO. The Morgan fingerprint density at radius 1 is 1.14 bits per heavy atom. The molecule has 1 aromatic carbocycles. The van der Waals surface area contributed by atoms with Crippen LogP contribution in [0, 0.1) is 11.8 Å². The Balaban J connectivity index is 1.97. The van der Waals surface area contributed by atoms with E-state index in [1.807, 2.05) is 12.1 Å². The second kappa shape index (κ2) is 8.19. The molecule has 1 aliphatic rings. The summed E-state index contributed by atoms with van der Waals surface area (Å²) in [6.45, 7) is 7.68. The highest BCUT2D eigenvalue weighted by molar-refractivity contribution is 6.30. The summed E-state index contributed by atoms with van der Waals surface area (Å²) >= 11 is 6.16. The van der Waals surface area contributed by atoms with Crippen molar-refractivity contribution in [3.05, 3.63) is 34.9 Å². The van der Waals surface area contributed by atoms with E-state index in [4.69, 9.17) is 16.3 Å². The molecular weight excluding hydrogens is 280 g/mol. The highest BCUT2D eigenvalue weighted by Gasteiger charge is 2.25. The Hall–Kier alpha value is -0.530. The van der Waals surface area contributed by atoms with E-state index in [1.54, 1.807) is 0 Å². The van der Waals surface area contributed by atoms with Crippen LogP contribution in [0.4, 0.5) is 0 Å². The van der Waals surface area contributed by atoms with Crippen LogP contribution in [0.5, 0.6) is 0 Å². The number of ether oxygens (including phenoxy) is 1. The maximum atomic E-state index is 6.26. The van der Waals surface area contributed by atoms with Gasteiger partial charge in [-0.3, -0.25) is 0 Å². The predicted molar refractivity (Wildman–Crippen MR) is 91.0 cm³/mol. The van der Waals surface area contributed by atoms with Crippen LogP contribution in [-0.2, 0) is 4.74 Å². The first-order valence-corrected chi connectivity index (χ1v) is 8.82. The molecule has 1 fully saturated rings. The van der Waals surface area contributed by atoms with E-state index in [0.29, 0.717) is 11.8 Å². The first-order valence-electron chi connectivity index (χ1n) is 8.45. The fourth-order valence-corrected chi connectivity index (χ4v) is 3.86. The van der Waals surface area contributed by atoms with Crippen molar-refractivity contribution in [1.82, 2.24) is 0 Å². The molecule has 1 aliphatic carbocycles. The smallest absolute Gasteiger partial charge is 0.0618 e. The average molecular weight is 309 g/mol. The van der Waals surface area contributed by atoms with Crippen molar-refractivity contribution in [2.75, 3.05) is 6.61 Å². The zero-order chi connectivity index (χ0) is 15.2. The van der Waals surface area contributed by atoms with E-state index in [0.717, 1.165) is 17.5 Å². The van der Waals surface area contributed by atoms with Crippen LogP contribution in [-0.4, -0.2) is 12.7 Å². The fraction of sp³-hybridized carbons (Fsp3) is 0.684. The number of rotatable bonds is 6. The lowest BCUT2D eigenvalue weighted by Gasteiger charge is -2.30. The van der Waals surface area contributed by atoms with E-state index >= 15 is 0 Å². The minimum absolute atomic E-state index is 0.241. The molecule has 118 valence electrons. The van der Waals surface area contributed by atoms with Crippen molar-refractivity contribution >= 4 is 11.6 Å². The van der Waals surface area contributed by atoms with Crippen LogP contribution in [0.15, 0.2) is 24.3 Å². The molecule has 2 heteroatoms. The van der Waals surface area contributed by atoms with Gasteiger partial charge in [0.1, 0.15) is 0 Å². The third-order valence-corrected chi connectivity index (χ3v) is 5.01. The van der Waals surface area contributed by atoms with Gasteiger partial charge in [-0.15, -0.1) is 0 Å². The second-order valence-corrected chi connectivity index (χ2v) is 7.30. The van der Waals surface area contributed by atoms with Crippen LogP contribution < -0.4 is 0 Å². The molecule has 0 bridgehead atoms. The quantitative estimate of drug-likeness (QED) is 0.620. The molecule has 0 amide bonds. The van der Waals surface area contributed by atoms with Crippen molar-refractivity contribution in [2.45, 2.75) is 64.9 Å². The number of hydrogen-bond donors (Lipinski definition) is 0. The molecule has 2 rings (SSSR count). The zero-order valence-corrected chi connectivity index (χ0v) is 14.4. The average Bonchev–Trinajstić information content (AvgIpc) is 2.46. The molecule has 0 aromatic heterocycles. The van der Waals surface area contributed by atoms with Gasteiger partial charge in [0.05, 0.1) is 6.10 Å². The third-order valence-electron chi connectivity index (χ3n) is 4.78. The Labute approximate surface area is 135 Å². The first kappa shape index (κ1) is 16.8. The molecule has 2 unspecified atom stereocenters. The Morgan fingerprint density at radius 2 is 1.86 bits per heavy atom. The van der Waals surface area contributed by atoms with Gasteiger partial charge in [0, 0.05) is 17.5 Å². The summed E-state index contributed by atoms with van der Waals surface area (Å²) in [7, 11) is 0. The van der Waals surface area contributed by atoms with E-state index in [1.165, 1.54) is 37.7 Å². The van der Waals surface area contributed by atoms with Crippen molar-refractivity contribution in [3.8, 4) is 0 Å². The van der Waals surface area contributed by atoms with Gasteiger partial charge in [0.2, 0.25) is 0 Å². The van der Waals surface area contributed by atoms with Crippen molar-refractivity contribution in [1.29, 1.82) is 0 Å². The largest absolute Gasteiger partial charge is 0.378 e. The first-order chi connectivity index (χ1) is 10.1. The van der Waals surface area contributed by atoms with Crippen LogP contribution in [0.3, 0.4) is 0 Å². The molecule has 0 N–H and O–H groups in total. The lowest BCUT2D eigenvalue weighted by Crippen LogP contribution is -2.26. The molecule has 2 atom stereocenters. The van der Waals surface area contributed by atoms with Gasteiger partial charge in [-0.05, 0) is 49.3 Å². The summed E-state index contributed by atoms with van der Waals surface area (Å²) in [4.78, 5) is 0. The van der Waals surface area contributed by atoms with E-state index in [2.05, 4.69) is 32.9 Å². The third kappa shape index (κ3) is 5.00. The SMILES string of the molecule is CC(C)C(c1cccc(Cl)c1)C(C)OCC1CCCCC1. The molecule has 21 heavy (non-hydrogen) atoms. The van der Waals surface area contributed by atoms with Gasteiger partial charge >= 0.3 is 0 Å². The minimum atomic E-state index is 0.241. The van der Waals surface area contributed by atoms with Crippen LogP contribution in [0.2, 0.25) is 5.02 Å². The van der Waals surface area contributed by atoms with Gasteiger partial charge in [0.25, 0.3) is 0 Å². The van der Waals surface area contributed by atoms with Crippen LogP contribution >= 0.6 is 11.6 Å². The Kier molecular flexibility index (Phi) is 6.57. The van der Waals surface area contributed by atoms with E-state index in [9.17, 15) is 0 Å². The molecule has 1 saturated carbocycles. The van der Waals surface area contributed by atoms with Gasteiger partial charge in [-0.25, -0.2) is 0 Å². The summed E-state index contributed by atoms with van der Waals surface area (Å²) in [5, 5.41) is 0.817. The van der Waals surface area contributed by atoms with E-state index < -0.39 is 0 Å². The van der Waals surface area contributed by atoms with Crippen molar-refractivity contribution in [3.63, 3.8) is 0 Å². The van der Waals surface area contributed by atoms with Gasteiger partial charge in [-0.2, -0.15) is 0 Å². The van der Waals surface area contributed by atoms with Crippen molar-refractivity contribution in [2.24, 2.45) is 11.8 Å². The predicted octanol–water partition coefficient (Wildman–Crippen LogP) is 6.07. The molecule has 0 saturated heterocycles. The fourth-order valence-electron chi connectivity index (χ4n) is 3.66. The lowest BCUT2D eigenvalue weighted by molar-refractivity contribution is 0.00732. The van der Waals surface area contributed by atoms with Gasteiger partial charge < -0.3 is 4.74 Å². The molecule has 1 nitrogen and oxygen atoms in total. The van der Waals surface area contributed by atoms with Gasteiger partial charge in [0.15, 0.2) is 0 Å². The summed E-state index contributed by atoms with van der Waals surface area (Å²) in [5.41, 5.74) is 1.30. The summed E-state index contributed by atoms with van der Waals surface area (Å²) in [5.74, 6) is 1.73. The molecule has 0 heterocycles. The highest BCUT2D eigenvalue weighted by Crippen LogP contribution is 2.32. The van der Waals surface area contributed by atoms with Gasteiger partial charge in [-0.1, -0.05) is 56.8 Å². The molecule has 1 aromatic rings. The Bertz CT molecular complexity index is 423. The monoisotopic (exact) mass is 308 g/mol. The molecule has 0 radical (unpaired) electrons. The number of halogens is 1. The van der Waals surface area contributed by atoms with E-state index in [-0.39, 0.29) is 6.10 Å². The molecule has 0 aliphatic heterocycles. The normalized spacial score (nSPS) is 19.7. The van der Waals surface area contributed by atoms with Crippen LogP contribution in [0.25, 0.3) is 0 Å². The minimum Gasteiger partial charge on any atom is -0.378 e. The maximum absolute atomic E-state index is 6.26. The maximum Gasteiger partial charge on any atom is 0.0618 e. The highest BCUT2D eigenvalue weighted by atomic mass is 35.5. The Morgan fingerprint density at radius 3 is 2.48 bits per heavy atom. The standard InChI is InChI=1S/C19H29ClO/c1-14(2)19(17-10-7-11-18(20)12-17)15(3)21-13-16-8-5-4-6-9-16/h7,10-12,14-16,19H,4-6,8-9,13H2,1-3H3. The number of hydrogen-bond acceptors (Lipinski definition) is 1. The zero-order valence-electron chi connectivity index (χ0n) is 13.6. The summed E-state index contributed by atoms with van der Waals surface area (Å²) in [6, 6.07) is 8.25. The number of benzene rings is 1.